The van der Waals surface area contributed by atoms with Crippen LogP contribution in [0.1, 0.15) is 46.0 Å². The lowest BCUT2D eigenvalue weighted by molar-refractivity contribution is -0.127. The van der Waals surface area contributed by atoms with Crippen molar-refractivity contribution in [2.24, 2.45) is 22.7 Å². The van der Waals surface area contributed by atoms with Crippen molar-refractivity contribution in [3.8, 4) is 0 Å². The van der Waals surface area contributed by atoms with Crippen LogP contribution in [-0.2, 0) is 9.53 Å². The van der Waals surface area contributed by atoms with Crippen LogP contribution in [0.15, 0.2) is 4.99 Å². The third-order valence-electron chi connectivity index (χ3n) is 5.51. The van der Waals surface area contributed by atoms with Crippen molar-refractivity contribution < 1.29 is 9.53 Å². The zero-order chi connectivity index (χ0) is 18.2. The van der Waals surface area contributed by atoms with Crippen LogP contribution < -0.4 is 10.6 Å². The highest BCUT2D eigenvalue weighted by atomic mass is 16.5. The molecule has 6 heteroatoms. The molecule has 1 aliphatic carbocycles. The van der Waals surface area contributed by atoms with Crippen LogP contribution >= 0.6 is 0 Å². The van der Waals surface area contributed by atoms with Gasteiger partial charge in [0.1, 0.15) is 6.54 Å². The molecule has 0 aromatic rings. The molecule has 2 rings (SSSR count). The van der Waals surface area contributed by atoms with E-state index >= 15 is 0 Å². The molecule has 0 bridgehead atoms. The summed E-state index contributed by atoms with van der Waals surface area (Å²) in [6.45, 7) is 7.35. The number of ether oxygens (including phenoxy) is 1. The lowest BCUT2D eigenvalue weighted by atomic mass is 9.80. The van der Waals surface area contributed by atoms with Crippen molar-refractivity contribution in [1.29, 1.82) is 0 Å². The van der Waals surface area contributed by atoms with Crippen molar-refractivity contribution in [2.75, 3.05) is 40.4 Å². The van der Waals surface area contributed by atoms with E-state index in [2.05, 4.69) is 29.5 Å². The predicted octanol–water partition coefficient (Wildman–Crippen LogP) is 1.86. The van der Waals surface area contributed by atoms with Gasteiger partial charge >= 0.3 is 0 Å². The van der Waals surface area contributed by atoms with Gasteiger partial charge in [0.2, 0.25) is 5.91 Å². The average Bonchev–Trinajstić information content (AvgIpc) is 3.10. The second-order valence-electron chi connectivity index (χ2n) is 8.06. The Morgan fingerprint density at radius 3 is 2.48 bits per heavy atom. The number of guanidine groups is 1. The minimum atomic E-state index is 0.0221. The molecule has 0 aromatic carbocycles. The highest BCUT2D eigenvalue weighted by Crippen LogP contribution is 2.29. The zero-order valence-corrected chi connectivity index (χ0v) is 16.4. The summed E-state index contributed by atoms with van der Waals surface area (Å²) in [4.78, 5) is 18.0. The molecule has 0 spiro atoms. The Balaban J connectivity index is 1.86. The van der Waals surface area contributed by atoms with E-state index in [0.717, 1.165) is 44.0 Å². The summed E-state index contributed by atoms with van der Waals surface area (Å²) in [6, 6.07) is 0.454. The van der Waals surface area contributed by atoms with Gasteiger partial charge in [-0.2, -0.15) is 0 Å². The number of hydrogen-bond acceptors (Lipinski definition) is 3. The highest BCUT2D eigenvalue weighted by molar-refractivity contribution is 5.84. The van der Waals surface area contributed by atoms with E-state index in [1.165, 1.54) is 25.7 Å². The number of nitrogens with zero attached hydrogens (tertiary/aromatic N) is 2. The summed E-state index contributed by atoms with van der Waals surface area (Å²) in [5.41, 5.74) is 0. The van der Waals surface area contributed by atoms with Crippen LogP contribution in [0.2, 0.25) is 0 Å². The summed E-state index contributed by atoms with van der Waals surface area (Å²) in [7, 11) is 3.53. The average molecular weight is 353 g/mol. The van der Waals surface area contributed by atoms with Gasteiger partial charge in [0.15, 0.2) is 5.96 Å². The molecule has 0 aromatic heterocycles. The van der Waals surface area contributed by atoms with E-state index in [-0.39, 0.29) is 12.5 Å². The van der Waals surface area contributed by atoms with Crippen LogP contribution in [0.5, 0.6) is 0 Å². The van der Waals surface area contributed by atoms with Crippen molar-refractivity contribution >= 4 is 11.9 Å². The van der Waals surface area contributed by atoms with Gasteiger partial charge in [-0.15, -0.1) is 0 Å². The molecule has 1 saturated carbocycles. The normalized spacial score (nSPS) is 27.4. The van der Waals surface area contributed by atoms with E-state index in [9.17, 15) is 4.79 Å². The smallest absolute Gasteiger partial charge is 0.243 e. The second-order valence-corrected chi connectivity index (χ2v) is 8.06. The Morgan fingerprint density at radius 1 is 1.20 bits per heavy atom. The Bertz CT molecular complexity index is 437. The molecular weight excluding hydrogens is 316 g/mol. The summed E-state index contributed by atoms with van der Waals surface area (Å²) in [6.07, 6.45) is 6.00. The van der Waals surface area contributed by atoms with E-state index in [1.807, 2.05) is 0 Å². The Labute approximate surface area is 152 Å². The number of rotatable bonds is 6. The summed E-state index contributed by atoms with van der Waals surface area (Å²) < 4.78 is 5.44. The number of hydrogen-bond donors (Lipinski definition) is 2. The first kappa shape index (κ1) is 20.0. The predicted molar refractivity (Wildman–Crippen MR) is 102 cm³/mol. The van der Waals surface area contributed by atoms with Crippen molar-refractivity contribution in [1.82, 2.24) is 15.5 Å². The molecule has 1 heterocycles. The van der Waals surface area contributed by atoms with Gasteiger partial charge in [-0.3, -0.25) is 4.79 Å². The molecule has 2 fully saturated rings. The quantitative estimate of drug-likeness (QED) is 0.566. The van der Waals surface area contributed by atoms with E-state index in [1.54, 1.807) is 19.0 Å². The molecule has 2 aliphatic rings. The molecular formula is C19H36N4O2. The van der Waals surface area contributed by atoms with Gasteiger partial charge < -0.3 is 20.3 Å². The Morgan fingerprint density at radius 2 is 1.92 bits per heavy atom. The molecule has 1 unspecified atom stereocenters. The van der Waals surface area contributed by atoms with Gasteiger partial charge in [0.05, 0.1) is 6.61 Å². The summed E-state index contributed by atoms with van der Waals surface area (Å²) >= 11 is 0. The SMILES string of the molecule is CC(C)C1CCC(NC(=NCC(=O)N(C)C)NCC2CCOC2)CC1. The largest absolute Gasteiger partial charge is 0.381 e. The van der Waals surface area contributed by atoms with Crippen molar-refractivity contribution in [2.45, 2.75) is 52.0 Å². The standard InChI is InChI=1S/C19H36N4O2/c1-14(2)16-5-7-17(8-6-16)22-19(21-12-18(24)23(3)4)20-11-15-9-10-25-13-15/h14-17H,5-13H2,1-4H3,(H2,20,21,22). The van der Waals surface area contributed by atoms with E-state index in [4.69, 9.17) is 4.74 Å². The van der Waals surface area contributed by atoms with Crippen LogP contribution in [-0.4, -0.2) is 63.2 Å². The molecule has 1 amide bonds. The molecule has 1 saturated heterocycles. The molecule has 144 valence electrons. The summed E-state index contributed by atoms with van der Waals surface area (Å²) in [5, 5.41) is 6.99. The van der Waals surface area contributed by atoms with Gasteiger partial charge in [-0.25, -0.2) is 4.99 Å². The maximum Gasteiger partial charge on any atom is 0.243 e. The third kappa shape index (κ3) is 6.84. The fourth-order valence-electron chi connectivity index (χ4n) is 3.55. The monoisotopic (exact) mass is 352 g/mol. The van der Waals surface area contributed by atoms with Crippen LogP contribution in [0.3, 0.4) is 0 Å². The molecule has 1 atom stereocenters. The number of carbonyl (C=O) groups is 1. The van der Waals surface area contributed by atoms with E-state index in [0.29, 0.717) is 12.0 Å². The minimum Gasteiger partial charge on any atom is -0.381 e. The van der Waals surface area contributed by atoms with Gasteiger partial charge in [0.25, 0.3) is 0 Å². The fourth-order valence-corrected chi connectivity index (χ4v) is 3.55. The second kappa shape index (κ2) is 10.00. The molecule has 25 heavy (non-hydrogen) atoms. The highest BCUT2D eigenvalue weighted by Gasteiger charge is 2.24. The molecule has 2 N–H and O–H groups in total. The van der Waals surface area contributed by atoms with Gasteiger partial charge in [-0.1, -0.05) is 13.8 Å². The number of amides is 1. The maximum absolute atomic E-state index is 11.9. The van der Waals surface area contributed by atoms with Crippen molar-refractivity contribution in [3.05, 3.63) is 0 Å². The van der Waals surface area contributed by atoms with Gasteiger partial charge in [-0.05, 0) is 43.9 Å². The fraction of sp³-hybridized carbons (Fsp3) is 0.895. The first-order valence-corrected chi connectivity index (χ1v) is 9.78. The third-order valence-corrected chi connectivity index (χ3v) is 5.51. The lowest BCUT2D eigenvalue weighted by Gasteiger charge is -2.32. The Hall–Kier alpha value is -1.30. The van der Waals surface area contributed by atoms with Crippen LogP contribution in [0.4, 0.5) is 0 Å². The first-order valence-electron chi connectivity index (χ1n) is 9.78. The first-order chi connectivity index (χ1) is 12.0. The molecule has 1 aliphatic heterocycles. The number of nitrogens with one attached hydrogen (secondary N) is 2. The zero-order valence-electron chi connectivity index (χ0n) is 16.4. The van der Waals surface area contributed by atoms with Gasteiger partial charge in [0, 0.05) is 39.2 Å². The molecule has 0 radical (unpaired) electrons. The lowest BCUT2D eigenvalue weighted by Crippen LogP contribution is -2.47. The summed E-state index contributed by atoms with van der Waals surface area (Å²) in [5.74, 6) is 2.95. The minimum absolute atomic E-state index is 0.0221. The number of aliphatic imine (C=N–C) groups is 1. The maximum atomic E-state index is 11.9. The molecule has 6 nitrogen and oxygen atoms in total. The Kier molecular flexibility index (Phi) is 8.00. The van der Waals surface area contributed by atoms with Crippen LogP contribution in [0, 0.1) is 17.8 Å². The number of carbonyl (C=O) groups excluding carboxylic acids is 1. The topological polar surface area (TPSA) is 66.0 Å². The van der Waals surface area contributed by atoms with E-state index < -0.39 is 0 Å². The van der Waals surface area contributed by atoms with Crippen molar-refractivity contribution in [3.63, 3.8) is 0 Å². The number of likely N-dealkylation sites (N-methyl/N-ethyl adjacent to an activating group) is 1. The van der Waals surface area contributed by atoms with Crippen LogP contribution in [0.25, 0.3) is 0 Å².